The summed E-state index contributed by atoms with van der Waals surface area (Å²) in [4.78, 5) is 15.6. The molecule has 0 saturated carbocycles. The number of hydrogen-bond acceptors (Lipinski definition) is 3. The summed E-state index contributed by atoms with van der Waals surface area (Å²) in [5, 5.41) is 0. The summed E-state index contributed by atoms with van der Waals surface area (Å²) in [5.41, 5.74) is 7.86. The van der Waals surface area contributed by atoms with Crippen LogP contribution >= 0.6 is 0 Å². The van der Waals surface area contributed by atoms with Crippen molar-refractivity contribution < 1.29 is 4.79 Å². The highest BCUT2D eigenvalue weighted by Crippen LogP contribution is 2.19. The molecule has 0 unspecified atom stereocenters. The van der Waals surface area contributed by atoms with Crippen LogP contribution in [-0.4, -0.2) is 44.5 Å². The normalized spacial score (nSPS) is 10.2. The first-order chi connectivity index (χ1) is 8.56. The number of likely N-dealkylation sites (N-methyl/N-ethyl adjacent to an activating group) is 1. The van der Waals surface area contributed by atoms with Gasteiger partial charge in [-0.25, -0.2) is 0 Å². The summed E-state index contributed by atoms with van der Waals surface area (Å²) in [7, 11) is 3.56. The Labute approximate surface area is 109 Å². The zero-order valence-electron chi connectivity index (χ0n) is 11.5. The van der Waals surface area contributed by atoms with Gasteiger partial charge in [0.2, 0.25) is 5.91 Å². The lowest BCUT2D eigenvalue weighted by atomic mass is 10.1. The van der Waals surface area contributed by atoms with Gasteiger partial charge in [0, 0.05) is 26.3 Å². The highest BCUT2D eigenvalue weighted by molar-refractivity contribution is 5.81. The van der Waals surface area contributed by atoms with Crippen molar-refractivity contribution in [2.45, 2.75) is 13.3 Å². The van der Waals surface area contributed by atoms with E-state index in [2.05, 4.69) is 24.0 Å². The smallest absolute Gasteiger partial charge is 0.241 e. The Morgan fingerprint density at radius 3 is 2.50 bits per heavy atom. The molecule has 0 heterocycles. The molecular formula is C14H23N3O. The molecule has 0 saturated heterocycles. The quantitative estimate of drug-likeness (QED) is 0.825. The lowest BCUT2D eigenvalue weighted by molar-refractivity contribution is -0.127. The van der Waals surface area contributed by atoms with Crippen LogP contribution in [0.3, 0.4) is 0 Å². The number of carbonyl (C=O) groups excluding carboxylic acids is 1. The summed E-state index contributed by atoms with van der Waals surface area (Å²) in [6.45, 7) is 3.90. The molecule has 0 aliphatic rings. The molecule has 0 aromatic heterocycles. The maximum Gasteiger partial charge on any atom is 0.241 e. The molecule has 0 fully saturated rings. The van der Waals surface area contributed by atoms with Gasteiger partial charge in [-0.3, -0.25) is 4.79 Å². The fourth-order valence-corrected chi connectivity index (χ4v) is 1.79. The van der Waals surface area contributed by atoms with Crippen LogP contribution in [0.5, 0.6) is 0 Å². The minimum absolute atomic E-state index is 0.107. The van der Waals surface area contributed by atoms with E-state index in [4.69, 9.17) is 5.73 Å². The third-order valence-corrected chi connectivity index (χ3v) is 2.91. The number of anilines is 1. The van der Waals surface area contributed by atoms with E-state index in [1.807, 2.05) is 12.1 Å². The van der Waals surface area contributed by atoms with Crippen LogP contribution in [0.4, 0.5) is 5.69 Å². The average molecular weight is 249 g/mol. The van der Waals surface area contributed by atoms with Crippen LogP contribution in [0.1, 0.15) is 12.0 Å². The third kappa shape index (κ3) is 4.04. The van der Waals surface area contributed by atoms with Crippen LogP contribution in [0.2, 0.25) is 0 Å². The number of aryl methyl sites for hydroxylation is 1. The molecule has 100 valence electrons. The number of benzene rings is 1. The largest absolute Gasteiger partial charge is 0.362 e. The monoisotopic (exact) mass is 249 g/mol. The van der Waals surface area contributed by atoms with Gasteiger partial charge in [0.15, 0.2) is 0 Å². The van der Waals surface area contributed by atoms with Crippen LogP contribution in [-0.2, 0) is 4.79 Å². The summed E-state index contributed by atoms with van der Waals surface area (Å²) >= 11 is 0. The number of rotatable bonds is 6. The second-order valence-corrected chi connectivity index (χ2v) is 4.64. The Hall–Kier alpha value is -1.55. The van der Waals surface area contributed by atoms with Crippen LogP contribution in [0.15, 0.2) is 24.3 Å². The fourth-order valence-electron chi connectivity index (χ4n) is 1.79. The number of para-hydroxylation sites is 1. The standard InChI is InChI=1S/C14H23N3O/c1-12-7-4-5-8-13(12)17(10-6-9-15)11-14(18)16(2)3/h4-5,7-8H,6,9-11,15H2,1-3H3. The molecule has 0 atom stereocenters. The van der Waals surface area contributed by atoms with Gasteiger partial charge in [-0.1, -0.05) is 18.2 Å². The minimum atomic E-state index is 0.107. The Bertz CT molecular complexity index is 390. The maximum absolute atomic E-state index is 11.9. The lowest BCUT2D eigenvalue weighted by Crippen LogP contribution is -2.38. The zero-order chi connectivity index (χ0) is 13.5. The van der Waals surface area contributed by atoms with Crippen molar-refractivity contribution in [1.82, 2.24) is 4.90 Å². The highest BCUT2D eigenvalue weighted by Gasteiger charge is 2.13. The van der Waals surface area contributed by atoms with Gasteiger partial charge in [0.05, 0.1) is 6.54 Å². The summed E-state index contributed by atoms with van der Waals surface area (Å²) in [5.74, 6) is 0.107. The molecule has 0 spiro atoms. The molecule has 4 heteroatoms. The molecular weight excluding hydrogens is 226 g/mol. The SMILES string of the molecule is Cc1ccccc1N(CCCN)CC(=O)N(C)C. The lowest BCUT2D eigenvalue weighted by Gasteiger charge is -2.27. The summed E-state index contributed by atoms with van der Waals surface area (Å²) < 4.78 is 0. The van der Waals surface area contributed by atoms with Gasteiger partial charge in [0.1, 0.15) is 0 Å². The maximum atomic E-state index is 11.9. The van der Waals surface area contributed by atoms with Gasteiger partial charge >= 0.3 is 0 Å². The Morgan fingerprint density at radius 1 is 1.28 bits per heavy atom. The molecule has 0 bridgehead atoms. The topological polar surface area (TPSA) is 49.6 Å². The van der Waals surface area contributed by atoms with Crippen LogP contribution in [0.25, 0.3) is 0 Å². The van der Waals surface area contributed by atoms with Gasteiger partial charge in [-0.2, -0.15) is 0 Å². The molecule has 0 radical (unpaired) electrons. The third-order valence-electron chi connectivity index (χ3n) is 2.91. The summed E-state index contributed by atoms with van der Waals surface area (Å²) in [6, 6.07) is 8.12. The van der Waals surface area contributed by atoms with Crippen molar-refractivity contribution in [1.29, 1.82) is 0 Å². The number of carbonyl (C=O) groups is 1. The van der Waals surface area contributed by atoms with Crippen molar-refractivity contribution in [2.75, 3.05) is 38.6 Å². The van der Waals surface area contributed by atoms with E-state index < -0.39 is 0 Å². The molecule has 1 aromatic carbocycles. The predicted molar refractivity (Wildman–Crippen MR) is 75.8 cm³/mol. The molecule has 18 heavy (non-hydrogen) atoms. The van der Waals surface area contributed by atoms with E-state index in [9.17, 15) is 4.79 Å². The van der Waals surface area contributed by atoms with Gasteiger partial charge < -0.3 is 15.5 Å². The van der Waals surface area contributed by atoms with E-state index >= 15 is 0 Å². The average Bonchev–Trinajstić information content (AvgIpc) is 2.35. The van der Waals surface area contributed by atoms with E-state index in [0.29, 0.717) is 13.1 Å². The van der Waals surface area contributed by atoms with Crippen LogP contribution in [0, 0.1) is 6.92 Å². The van der Waals surface area contributed by atoms with Crippen molar-refractivity contribution >= 4 is 11.6 Å². The molecule has 0 aliphatic carbocycles. The predicted octanol–water partition coefficient (Wildman–Crippen LogP) is 1.24. The first kappa shape index (κ1) is 14.5. The van der Waals surface area contributed by atoms with E-state index in [1.165, 1.54) is 5.56 Å². The number of nitrogens with zero attached hydrogens (tertiary/aromatic N) is 2. The molecule has 1 amide bonds. The minimum Gasteiger partial charge on any atom is -0.362 e. The van der Waals surface area contributed by atoms with Crippen LogP contribution < -0.4 is 10.6 Å². The van der Waals surface area contributed by atoms with E-state index in [1.54, 1.807) is 19.0 Å². The number of hydrogen-bond donors (Lipinski definition) is 1. The number of amides is 1. The van der Waals surface area contributed by atoms with Crippen molar-refractivity contribution in [2.24, 2.45) is 5.73 Å². The van der Waals surface area contributed by atoms with Gasteiger partial charge in [-0.15, -0.1) is 0 Å². The highest BCUT2D eigenvalue weighted by atomic mass is 16.2. The summed E-state index contributed by atoms with van der Waals surface area (Å²) in [6.07, 6.45) is 0.884. The van der Waals surface area contributed by atoms with Crippen molar-refractivity contribution in [3.8, 4) is 0 Å². The molecule has 1 rings (SSSR count). The van der Waals surface area contributed by atoms with Gasteiger partial charge in [-0.05, 0) is 31.5 Å². The van der Waals surface area contributed by atoms with Gasteiger partial charge in [0.25, 0.3) is 0 Å². The second-order valence-electron chi connectivity index (χ2n) is 4.64. The molecule has 2 N–H and O–H groups in total. The molecule has 0 aliphatic heterocycles. The molecule has 1 aromatic rings. The Morgan fingerprint density at radius 2 is 1.94 bits per heavy atom. The second kappa shape index (κ2) is 7.01. The fraction of sp³-hybridized carbons (Fsp3) is 0.500. The van der Waals surface area contributed by atoms with Crippen molar-refractivity contribution in [3.05, 3.63) is 29.8 Å². The zero-order valence-corrected chi connectivity index (χ0v) is 11.5. The van der Waals surface area contributed by atoms with Crippen molar-refractivity contribution in [3.63, 3.8) is 0 Å². The van der Waals surface area contributed by atoms with E-state index in [-0.39, 0.29) is 5.91 Å². The van der Waals surface area contributed by atoms with E-state index in [0.717, 1.165) is 18.7 Å². The molecule has 4 nitrogen and oxygen atoms in total. The Balaban J connectivity index is 2.84. The first-order valence-corrected chi connectivity index (χ1v) is 6.27. The number of nitrogens with two attached hydrogens (primary N) is 1. The first-order valence-electron chi connectivity index (χ1n) is 6.27. The Kier molecular flexibility index (Phi) is 5.65.